The standard InChI is InChI=1S/C22H27N3O3S2/c1-13-11-16(14(2)25(13)9-6-10-28-4)17(26)12-29-22-23-20-19(21(27)24(22)3)15-7-5-8-18(15)30-20/h11H,5-10,12H2,1-4H3. The van der Waals surface area contributed by atoms with Crippen molar-refractivity contribution < 1.29 is 9.53 Å². The van der Waals surface area contributed by atoms with Gasteiger partial charge in [-0.25, -0.2) is 4.98 Å². The zero-order chi connectivity index (χ0) is 21.4. The second-order valence-corrected chi connectivity index (χ2v) is 9.82. The van der Waals surface area contributed by atoms with Gasteiger partial charge in [0.2, 0.25) is 0 Å². The minimum Gasteiger partial charge on any atom is -0.385 e. The number of ketones is 1. The fourth-order valence-electron chi connectivity index (χ4n) is 4.24. The number of rotatable bonds is 8. The summed E-state index contributed by atoms with van der Waals surface area (Å²) in [6, 6.07) is 1.96. The Morgan fingerprint density at radius 1 is 1.33 bits per heavy atom. The predicted molar refractivity (Wildman–Crippen MR) is 122 cm³/mol. The number of methoxy groups -OCH3 is 1. The van der Waals surface area contributed by atoms with Crippen molar-refractivity contribution in [1.82, 2.24) is 14.1 Å². The van der Waals surface area contributed by atoms with Crippen LogP contribution in [0.2, 0.25) is 0 Å². The number of Topliss-reactive ketones (excluding diaryl/α,β-unsaturated/α-hetero) is 1. The van der Waals surface area contributed by atoms with Crippen LogP contribution in [0.4, 0.5) is 0 Å². The lowest BCUT2D eigenvalue weighted by Crippen LogP contribution is -2.20. The Hall–Kier alpha value is -1.90. The Balaban J connectivity index is 1.53. The number of carbonyl (C=O) groups is 1. The summed E-state index contributed by atoms with van der Waals surface area (Å²) >= 11 is 2.98. The van der Waals surface area contributed by atoms with Gasteiger partial charge < -0.3 is 9.30 Å². The fraction of sp³-hybridized carbons (Fsp3) is 0.500. The first kappa shape index (κ1) is 21.3. The van der Waals surface area contributed by atoms with Crippen LogP contribution in [0.25, 0.3) is 10.2 Å². The molecule has 160 valence electrons. The number of thioether (sulfide) groups is 1. The van der Waals surface area contributed by atoms with Gasteiger partial charge in [-0.15, -0.1) is 11.3 Å². The molecule has 0 bridgehead atoms. The van der Waals surface area contributed by atoms with E-state index < -0.39 is 0 Å². The van der Waals surface area contributed by atoms with Crippen LogP contribution in [-0.4, -0.2) is 39.4 Å². The van der Waals surface area contributed by atoms with Crippen LogP contribution in [0.15, 0.2) is 16.0 Å². The lowest BCUT2D eigenvalue weighted by molar-refractivity contribution is 0.102. The maximum absolute atomic E-state index is 12.9. The average Bonchev–Trinajstić information content (AvgIpc) is 3.38. The molecule has 4 rings (SSSR count). The number of ether oxygens (including phenoxy) is 1. The zero-order valence-electron chi connectivity index (χ0n) is 17.9. The Kier molecular flexibility index (Phi) is 6.18. The van der Waals surface area contributed by atoms with E-state index >= 15 is 0 Å². The van der Waals surface area contributed by atoms with Gasteiger partial charge in [-0.1, -0.05) is 11.8 Å². The van der Waals surface area contributed by atoms with Crippen molar-refractivity contribution in [3.05, 3.63) is 43.8 Å². The molecular formula is C22H27N3O3S2. The first-order valence-electron chi connectivity index (χ1n) is 10.2. The number of hydrogen-bond acceptors (Lipinski definition) is 6. The molecule has 0 amide bonds. The maximum atomic E-state index is 12.9. The zero-order valence-corrected chi connectivity index (χ0v) is 19.5. The van der Waals surface area contributed by atoms with Crippen LogP contribution < -0.4 is 5.56 Å². The number of hydrogen-bond donors (Lipinski definition) is 0. The third kappa shape index (κ3) is 3.76. The Morgan fingerprint density at radius 3 is 2.90 bits per heavy atom. The van der Waals surface area contributed by atoms with Crippen molar-refractivity contribution in [1.29, 1.82) is 0 Å². The monoisotopic (exact) mass is 445 g/mol. The van der Waals surface area contributed by atoms with Crippen LogP contribution in [0.3, 0.4) is 0 Å². The quantitative estimate of drug-likeness (QED) is 0.228. The number of aromatic nitrogens is 3. The SMILES string of the molecule is COCCCn1c(C)cc(C(=O)CSc2nc3sc4c(c3c(=O)n2C)CCC4)c1C. The van der Waals surface area contributed by atoms with Crippen molar-refractivity contribution in [3.63, 3.8) is 0 Å². The van der Waals surface area contributed by atoms with E-state index in [1.165, 1.54) is 22.2 Å². The van der Waals surface area contributed by atoms with Crippen LogP contribution in [0, 0.1) is 13.8 Å². The summed E-state index contributed by atoms with van der Waals surface area (Å²) < 4.78 is 8.91. The maximum Gasteiger partial charge on any atom is 0.262 e. The lowest BCUT2D eigenvalue weighted by atomic mass is 10.2. The molecule has 1 aliphatic rings. The average molecular weight is 446 g/mol. The van der Waals surface area contributed by atoms with Gasteiger partial charge in [0.15, 0.2) is 10.9 Å². The summed E-state index contributed by atoms with van der Waals surface area (Å²) in [5.74, 6) is 0.327. The molecule has 8 heteroatoms. The van der Waals surface area contributed by atoms with Gasteiger partial charge in [0.05, 0.1) is 11.1 Å². The summed E-state index contributed by atoms with van der Waals surface area (Å²) in [6.45, 7) is 5.55. The molecular weight excluding hydrogens is 418 g/mol. The summed E-state index contributed by atoms with van der Waals surface area (Å²) in [4.78, 5) is 32.7. The van der Waals surface area contributed by atoms with Gasteiger partial charge in [0.1, 0.15) is 4.83 Å². The first-order chi connectivity index (χ1) is 14.4. The van der Waals surface area contributed by atoms with Crippen molar-refractivity contribution >= 4 is 39.1 Å². The van der Waals surface area contributed by atoms with E-state index in [0.717, 1.165) is 59.4 Å². The van der Waals surface area contributed by atoms with E-state index in [0.29, 0.717) is 11.8 Å². The third-order valence-corrected chi connectivity index (χ3v) is 8.06. The molecule has 3 aromatic rings. The van der Waals surface area contributed by atoms with E-state index in [4.69, 9.17) is 9.72 Å². The Bertz CT molecular complexity index is 1170. The number of aryl methyl sites for hydroxylation is 3. The Morgan fingerprint density at radius 2 is 2.13 bits per heavy atom. The number of nitrogens with zero attached hydrogens (tertiary/aromatic N) is 3. The highest BCUT2D eigenvalue weighted by Gasteiger charge is 2.23. The van der Waals surface area contributed by atoms with E-state index in [-0.39, 0.29) is 17.1 Å². The van der Waals surface area contributed by atoms with Crippen molar-refractivity contribution in [2.24, 2.45) is 7.05 Å². The molecule has 0 unspecified atom stereocenters. The molecule has 0 spiro atoms. The molecule has 30 heavy (non-hydrogen) atoms. The molecule has 3 heterocycles. The van der Waals surface area contributed by atoms with Gasteiger partial charge >= 0.3 is 0 Å². The molecule has 0 saturated heterocycles. The third-order valence-electron chi connectivity index (χ3n) is 5.84. The molecule has 0 radical (unpaired) electrons. The molecule has 3 aromatic heterocycles. The van der Waals surface area contributed by atoms with Gasteiger partial charge in [-0.2, -0.15) is 0 Å². The highest BCUT2D eigenvalue weighted by atomic mass is 32.2. The molecule has 0 saturated carbocycles. The highest BCUT2D eigenvalue weighted by molar-refractivity contribution is 7.99. The minimum absolute atomic E-state index is 0.00525. The number of carbonyl (C=O) groups excluding carboxylic acids is 1. The van der Waals surface area contributed by atoms with E-state index in [1.54, 1.807) is 30.1 Å². The molecule has 6 nitrogen and oxygen atoms in total. The minimum atomic E-state index is 0.00525. The molecule has 0 N–H and O–H groups in total. The van der Waals surface area contributed by atoms with E-state index in [2.05, 4.69) is 4.57 Å². The fourth-order valence-corrected chi connectivity index (χ4v) is 6.39. The molecule has 0 aliphatic heterocycles. The van der Waals surface area contributed by atoms with E-state index in [9.17, 15) is 9.59 Å². The molecule has 0 atom stereocenters. The van der Waals surface area contributed by atoms with Crippen LogP contribution >= 0.6 is 23.1 Å². The van der Waals surface area contributed by atoms with E-state index in [1.807, 2.05) is 19.9 Å². The Labute approximate surface area is 184 Å². The number of fused-ring (bicyclic) bond motifs is 3. The summed E-state index contributed by atoms with van der Waals surface area (Å²) in [6.07, 6.45) is 4.04. The smallest absolute Gasteiger partial charge is 0.262 e. The number of thiophene rings is 1. The van der Waals surface area contributed by atoms with Crippen LogP contribution in [-0.2, 0) is 31.2 Å². The molecule has 0 fully saturated rings. The van der Waals surface area contributed by atoms with Crippen molar-refractivity contribution in [2.75, 3.05) is 19.5 Å². The van der Waals surface area contributed by atoms with Gasteiger partial charge in [0.25, 0.3) is 5.56 Å². The van der Waals surface area contributed by atoms with Gasteiger partial charge in [-0.3, -0.25) is 14.2 Å². The second kappa shape index (κ2) is 8.69. The normalized spacial score (nSPS) is 13.3. The topological polar surface area (TPSA) is 66.1 Å². The molecule has 1 aliphatic carbocycles. The summed E-state index contributed by atoms with van der Waals surface area (Å²) in [5.41, 5.74) is 4.01. The van der Waals surface area contributed by atoms with Crippen molar-refractivity contribution in [2.45, 2.75) is 51.2 Å². The first-order valence-corrected chi connectivity index (χ1v) is 12.1. The predicted octanol–water partition coefficient (Wildman–Crippen LogP) is 3.91. The van der Waals surface area contributed by atoms with Crippen LogP contribution in [0.1, 0.15) is 45.0 Å². The largest absolute Gasteiger partial charge is 0.385 e. The highest BCUT2D eigenvalue weighted by Crippen LogP contribution is 2.35. The summed E-state index contributed by atoms with van der Waals surface area (Å²) in [5, 5.41) is 1.39. The second-order valence-electron chi connectivity index (χ2n) is 7.79. The van der Waals surface area contributed by atoms with Gasteiger partial charge in [-0.05, 0) is 51.2 Å². The van der Waals surface area contributed by atoms with Gasteiger partial charge in [0, 0.05) is 49.1 Å². The van der Waals surface area contributed by atoms with Crippen molar-refractivity contribution in [3.8, 4) is 0 Å². The lowest BCUT2D eigenvalue weighted by Gasteiger charge is -2.09. The molecule has 0 aromatic carbocycles. The summed E-state index contributed by atoms with van der Waals surface area (Å²) in [7, 11) is 3.45. The van der Waals surface area contributed by atoms with Crippen LogP contribution in [0.5, 0.6) is 0 Å².